The number of hydrogen-bond donors (Lipinski definition) is 1. The van der Waals surface area contributed by atoms with Crippen molar-refractivity contribution < 1.29 is 22.4 Å². The highest BCUT2D eigenvalue weighted by Crippen LogP contribution is 2.20. The molecule has 1 N–H and O–H groups in total. The maximum Gasteiger partial charge on any atom is 0.243 e. The van der Waals surface area contributed by atoms with Gasteiger partial charge in [-0.15, -0.1) is 0 Å². The predicted octanol–water partition coefficient (Wildman–Crippen LogP) is 4.09. The van der Waals surface area contributed by atoms with E-state index in [4.69, 9.17) is 0 Å². The van der Waals surface area contributed by atoms with Gasteiger partial charge in [0, 0.05) is 25.6 Å². The number of carbonyl (C=O) groups excluding carboxylic acids is 2. The van der Waals surface area contributed by atoms with Gasteiger partial charge >= 0.3 is 0 Å². The predicted molar refractivity (Wildman–Crippen MR) is 137 cm³/mol. The highest BCUT2D eigenvalue weighted by Gasteiger charge is 2.29. The van der Waals surface area contributed by atoms with E-state index < -0.39 is 21.9 Å². The Balaban J connectivity index is 2.18. The Morgan fingerprint density at radius 2 is 1.63 bits per heavy atom. The molecule has 9 heteroatoms. The SMILES string of the molecule is CCC(C)NC(=O)C(CC)N(Cc1ccccc1)C(=O)CCCN(c1ccc(F)cc1)S(C)(=O)=O. The Morgan fingerprint density at radius 3 is 2.17 bits per heavy atom. The summed E-state index contributed by atoms with van der Waals surface area (Å²) >= 11 is 0. The molecule has 0 saturated heterocycles. The molecule has 0 radical (unpaired) electrons. The second-order valence-corrected chi connectivity index (χ2v) is 10.6. The van der Waals surface area contributed by atoms with Crippen LogP contribution in [0.1, 0.15) is 52.0 Å². The molecule has 0 fully saturated rings. The molecule has 2 atom stereocenters. The molecule has 7 nitrogen and oxygen atoms in total. The summed E-state index contributed by atoms with van der Waals surface area (Å²) in [6.45, 7) is 6.10. The van der Waals surface area contributed by atoms with Crippen LogP contribution in [0.3, 0.4) is 0 Å². The third kappa shape index (κ3) is 8.65. The zero-order valence-electron chi connectivity index (χ0n) is 20.9. The van der Waals surface area contributed by atoms with Gasteiger partial charge in [-0.1, -0.05) is 44.2 Å². The molecule has 2 amide bonds. The molecule has 0 aliphatic rings. The third-order valence-corrected chi connectivity index (χ3v) is 7.04. The lowest BCUT2D eigenvalue weighted by atomic mass is 10.1. The summed E-state index contributed by atoms with van der Waals surface area (Å²) in [5.41, 5.74) is 1.24. The van der Waals surface area contributed by atoms with E-state index in [0.29, 0.717) is 12.1 Å². The summed E-state index contributed by atoms with van der Waals surface area (Å²) in [4.78, 5) is 27.9. The van der Waals surface area contributed by atoms with Crippen molar-refractivity contribution in [2.45, 2.75) is 65.1 Å². The summed E-state index contributed by atoms with van der Waals surface area (Å²) in [6.07, 6.45) is 2.61. The van der Waals surface area contributed by atoms with Gasteiger partial charge in [0.1, 0.15) is 11.9 Å². The molecule has 0 aliphatic carbocycles. The lowest BCUT2D eigenvalue weighted by Crippen LogP contribution is -2.50. The van der Waals surface area contributed by atoms with Crippen LogP contribution in [0.15, 0.2) is 54.6 Å². The summed E-state index contributed by atoms with van der Waals surface area (Å²) in [5, 5.41) is 2.97. The highest BCUT2D eigenvalue weighted by molar-refractivity contribution is 7.92. The third-order valence-electron chi connectivity index (χ3n) is 5.85. The first-order valence-corrected chi connectivity index (χ1v) is 13.8. The molecular formula is C26H36FN3O4S. The van der Waals surface area contributed by atoms with Gasteiger partial charge in [0.2, 0.25) is 21.8 Å². The minimum Gasteiger partial charge on any atom is -0.352 e. The minimum atomic E-state index is -3.63. The van der Waals surface area contributed by atoms with Crippen molar-refractivity contribution in [1.29, 1.82) is 0 Å². The minimum absolute atomic E-state index is 0.00995. The van der Waals surface area contributed by atoms with Gasteiger partial charge in [0.05, 0.1) is 11.9 Å². The van der Waals surface area contributed by atoms with Gasteiger partial charge in [-0.05, 0) is 56.0 Å². The number of sulfonamides is 1. The van der Waals surface area contributed by atoms with Gasteiger partial charge in [-0.3, -0.25) is 13.9 Å². The van der Waals surface area contributed by atoms with Crippen LogP contribution in [0, 0.1) is 5.82 Å². The topological polar surface area (TPSA) is 86.8 Å². The second kappa shape index (κ2) is 13.2. The van der Waals surface area contributed by atoms with E-state index in [0.717, 1.165) is 22.5 Å². The number of benzene rings is 2. The molecule has 0 heterocycles. The quantitative estimate of drug-likeness (QED) is 0.444. The molecule has 2 aromatic carbocycles. The average Bonchev–Trinajstić information content (AvgIpc) is 2.82. The van der Waals surface area contributed by atoms with Crippen LogP contribution >= 0.6 is 0 Å². The van der Waals surface area contributed by atoms with E-state index in [1.165, 1.54) is 24.3 Å². The van der Waals surface area contributed by atoms with E-state index >= 15 is 0 Å². The first kappa shape index (κ1) is 28.3. The maximum absolute atomic E-state index is 13.3. The van der Waals surface area contributed by atoms with Gasteiger partial charge < -0.3 is 10.2 Å². The average molecular weight is 506 g/mol. The fourth-order valence-corrected chi connectivity index (χ4v) is 4.72. The van der Waals surface area contributed by atoms with Crippen LogP contribution in [-0.2, 0) is 26.2 Å². The van der Waals surface area contributed by atoms with Crippen LogP contribution in [-0.4, -0.2) is 50.0 Å². The number of rotatable bonds is 13. The van der Waals surface area contributed by atoms with Crippen molar-refractivity contribution in [3.05, 3.63) is 66.0 Å². The molecule has 2 aromatic rings. The van der Waals surface area contributed by atoms with Crippen LogP contribution in [0.2, 0.25) is 0 Å². The van der Waals surface area contributed by atoms with Crippen LogP contribution < -0.4 is 9.62 Å². The lowest BCUT2D eigenvalue weighted by Gasteiger charge is -2.32. The van der Waals surface area contributed by atoms with Gasteiger partial charge in [-0.2, -0.15) is 0 Å². The van der Waals surface area contributed by atoms with Crippen molar-refractivity contribution >= 4 is 27.5 Å². The number of carbonyl (C=O) groups is 2. The molecule has 0 aromatic heterocycles. The van der Waals surface area contributed by atoms with Crippen molar-refractivity contribution in [3.63, 3.8) is 0 Å². The largest absolute Gasteiger partial charge is 0.352 e. The standard InChI is InChI=1S/C26H36FN3O4S/c1-5-20(3)28-26(32)24(6-2)29(19-21-11-8-7-9-12-21)25(31)13-10-18-30(35(4,33)34)23-16-14-22(27)15-17-23/h7-9,11-12,14-17,20,24H,5-6,10,13,18-19H2,1-4H3,(H,28,32). The molecular weight excluding hydrogens is 469 g/mol. The first-order valence-electron chi connectivity index (χ1n) is 11.9. The highest BCUT2D eigenvalue weighted by atomic mass is 32.2. The van der Waals surface area contributed by atoms with Crippen molar-refractivity contribution in [2.24, 2.45) is 0 Å². The summed E-state index contributed by atoms with van der Waals surface area (Å²) in [6, 6.07) is 14.0. The number of halogens is 1. The Kier molecular flexibility index (Phi) is 10.7. The molecule has 2 rings (SSSR count). The molecule has 2 unspecified atom stereocenters. The number of hydrogen-bond acceptors (Lipinski definition) is 4. The lowest BCUT2D eigenvalue weighted by molar-refractivity contribution is -0.141. The Bertz CT molecular complexity index is 1060. The number of anilines is 1. The Labute approximate surface area is 208 Å². The monoisotopic (exact) mass is 505 g/mol. The number of amides is 2. The molecule has 0 saturated carbocycles. The molecule has 0 aliphatic heterocycles. The van der Waals surface area contributed by atoms with E-state index in [1.54, 1.807) is 4.90 Å². The normalized spacial score (nSPS) is 13.1. The van der Waals surface area contributed by atoms with E-state index in [9.17, 15) is 22.4 Å². The maximum atomic E-state index is 13.3. The zero-order valence-corrected chi connectivity index (χ0v) is 21.7. The Hall–Kier alpha value is -2.94. The van der Waals surface area contributed by atoms with Gasteiger partial charge in [0.15, 0.2) is 0 Å². The fourth-order valence-electron chi connectivity index (χ4n) is 3.75. The first-order chi connectivity index (χ1) is 16.6. The molecule has 0 spiro atoms. The molecule has 35 heavy (non-hydrogen) atoms. The van der Waals surface area contributed by atoms with E-state index in [2.05, 4.69) is 5.32 Å². The van der Waals surface area contributed by atoms with Crippen LogP contribution in [0.4, 0.5) is 10.1 Å². The van der Waals surface area contributed by atoms with Crippen molar-refractivity contribution in [2.75, 3.05) is 17.1 Å². The van der Waals surface area contributed by atoms with Crippen molar-refractivity contribution in [1.82, 2.24) is 10.2 Å². The molecule has 192 valence electrons. The second-order valence-electron chi connectivity index (χ2n) is 8.66. The summed E-state index contributed by atoms with van der Waals surface area (Å²) in [7, 11) is -3.63. The van der Waals surface area contributed by atoms with E-state index in [-0.39, 0.29) is 43.8 Å². The fraction of sp³-hybridized carbons (Fsp3) is 0.462. The van der Waals surface area contributed by atoms with Crippen LogP contribution in [0.25, 0.3) is 0 Å². The van der Waals surface area contributed by atoms with E-state index in [1.807, 2.05) is 51.1 Å². The van der Waals surface area contributed by atoms with Gasteiger partial charge in [-0.25, -0.2) is 12.8 Å². The zero-order chi connectivity index (χ0) is 26.0. The number of nitrogens with one attached hydrogen (secondary N) is 1. The molecule has 0 bridgehead atoms. The van der Waals surface area contributed by atoms with Crippen molar-refractivity contribution in [3.8, 4) is 0 Å². The summed E-state index contributed by atoms with van der Waals surface area (Å²) in [5.74, 6) is -0.891. The van der Waals surface area contributed by atoms with Gasteiger partial charge in [0.25, 0.3) is 0 Å². The smallest absolute Gasteiger partial charge is 0.243 e. The van der Waals surface area contributed by atoms with Crippen LogP contribution in [0.5, 0.6) is 0 Å². The Morgan fingerprint density at radius 1 is 1.00 bits per heavy atom. The summed E-state index contributed by atoms with van der Waals surface area (Å²) < 4.78 is 39.1. The number of nitrogens with zero attached hydrogens (tertiary/aromatic N) is 2.